The summed E-state index contributed by atoms with van der Waals surface area (Å²) in [5.74, 6) is 4.67. The van der Waals surface area contributed by atoms with Crippen LogP contribution >= 0.6 is 0 Å². The average molecular weight is 274 g/mol. The Hall–Kier alpha value is -2.32. The van der Waals surface area contributed by atoms with Crippen molar-refractivity contribution < 1.29 is 14.7 Å². The number of aliphatic hydroxyl groups excluding tert-OH is 1. The molecule has 0 atom stereocenters. The predicted octanol–water partition coefficient (Wildman–Crippen LogP) is 0.285. The van der Waals surface area contributed by atoms with Crippen LogP contribution in [0.2, 0.25) is 0 Å². The summed E-state index contributed by atoms with van der Waals surface area (Å²) in [7, 11) is 0. The van der Waals surface area contributed by atoms with E-state index in [0.717, 1.165) is 0 Å². The van der Waals surface area contributed by atoms with E-state index in [0.29, 0.717) is 11.1 Å². The molecule has 5 nitrogen and oxygen atoms in total. The van der Waals surface area contributed by atoms with Crippen LogP contribution in [0.15, 0.2) is 24.3 Å². The molecule has 0 radical (unpaired) electrons. The van der Waals surface area contributed by atoms with Crippen LogP contribution in [0.25, 0.3) is 0 Å². The van der Waals surface area contributed by atoms with Crippen LogP contribution in [0.3, 0.4) is 0 Å². The molecule has 0 spiro atoms. The first-order valence-electron chi connectivity index (χ1n) is 6.30. The largest absolute Gasteiger partial charge is 0.384 e. The SMILES string of the molecule is CC(C)NC(=O)CNC(=O)c1cccc(C#CCO)c1. The zero-order valence-corrected chi connectivity index (χ0v) is 11.6. The van der Waals surface area contributed by atoms with E-state index in [1.807, 2.05) is 13.8 Å². The number of amides is 2. The quantitative estimate of drug-likeness (QED) is 0.690. The molecule has 2 amide bonds. The standard InChI is InChI=1S/C15H18N2O3/c1-11(2)17-14(19)10-16-15(20)13-7-3-5-12(9-13)6-4-8-18/h3,5,7,9,11,18H,8,10H2,1-2H3,(H,16,20)(H,17,19). The van der Waals surface area contributed by atoms with Crippen LogP contribution in [0.1, 0.15) is 29.8 Å². The molecule has 0 heterocycles. The summed E-state index contributed by atoms with van der Waals surface area (Å²) in [6, 6.07) is 6.73. The number of nitrogens with one attached hydrogen (secondary N) is 2. The van der Waals surface area contributed by atoms with Gasteiger partial charge in [-0.3, -0.25) is 9.59 Å². The number of rotatable bonds is 4. The Morgan fingerprint density at radius 2 is 2.10 bits per heavy atom. The Kier molecular flexibility index (Phi) is 6.27. The lowest BCUT2D eigenvalue weighted by molar-refractivity contribution is -0.120. The van der Waals surface area contributed by atoms with Crippen molar-refractivity contribution in [1.82, 2.24) is 10.6 Å². The lowest BCUT2D eigenvalue weighted by Crippen LogP contribution is -2.39. The average Bonchev–Trinajstić information content (AvgIpc) is 2.42. The third-order valence-corrected chi connectivity index (χ3v) is 2.30. The molecular weight excluding hydrogens is 256 g/mol. The van der Waals surface area contributed by atoms with Gasteiger partial charge in [0.05, 0.1) is 6.54 Å². The number of benzene rings is 1. The van der Waals surface area contributed by atoms with Gasteiger partial charge in [-0.25, -0.2) is 0 Å². The maximum atomic E-state index is 11.9. The molecule has 0 aliphatic rings. The third-order valence-electron chi connectivity index (χ3n) is 2.30. The topological polar surface area (TPSA) is 78.4 Å². The number of aliphatic hydroxyl groups is 1. The van der Waals surface area contributed by atoms with Crippen LogP contribution in [0.4, 0.5) is 0 Å². The highest BCUT2D eigenvalue weighted by atomic mass is 16.2. The van der Waals surface area contributed by atoms with Gasteiger partial charge in [-0.05, 0) is 32.0 Å². The Balaban J connectivity index is 2.61. The van der Waals surface area contributed by atoms with Crippen molar-refractivity contribution in [2.45, 2.75) is 19.9 Å². The Morgan fingerprint density at radius 3 is 2.75 bits per heavy atom. The van der Waals surface area contributed by atoms with Gasteiger partial charge in [0.1, 0.15) is 6.61 Å². The van der Waals surface area contributed by atoms with Gasteiger partial charge in [0, 0.05) is 17.2 Å². The van der Waals surface area contributed by atoms with Crippen LogP contribution in [-0.4, -0.2) is 36.1 Å². The van der Waals surface area contributed by atoms with E-state index in [1.54, 1.807) is 24.3 Å². The lowest BCUT2D eigenvalue weighted by atomic mass is 10.1. The summed E-state index contributed by atoms with van der Waals surface area (Å²) in [4.78, 5) is 23.3. The molecule has 5 heteroatoms. The number of hydrogen-bond donors (Lipinski definition) is 3. The van der Waals surface area contributed by atoms with Crippen LogP contribution in [-0.2, 0) is 4.79 Å². The first-order chi connectivity index (χ1) is 9.52. The van der Waals surface area contributed by atoms with E-state index in [-0.39, 0.29) is 31.0 Å². The molecule has 0 fully saturated rings. The normalized spacial score (nSPS) is 9.60. The van der Waals surface area contributed by atoms with Crippen molar-refractivity contribution in [1.29, 1.82) is 0 Å². The maximum absolute atomic E-state index is 11.9. The second-order valence-electron chi connectivity index (χ2n) is 4.45. The van der Waals surface area contributed by atoms with Crippen molar-refractivity contribution in [3.63, 3.8) is 0 Å². The maximum Gasteiger partial charge on any atom is 0.251 e. The second kappa shape index (κ2) is 7.97. The summed E-state index contributed by atoms with van der Waals surface area (Å²) in [6.07, 6.45) is 0. The van der Waals surface area contributed by atoms with E-state index < -0.39 is 0 Å². The Bertz CT molecular complexity index is 542. The van der Waals surface area contributed by atoms with Gasteiger partial charge < -0.3 is 15.7 Å². The van der Waals surface area contributed by atoms with Gasteiger partial charge in [-0.15, -0.1) is 0 Å². The van der Waals surface area contributed by atoms with Crippen molar-refractivity contribution in [3.05, 3.63) is 35.4 Å². The first kappa shape index (κ1) is 15.7. The molecule has 1 aromatic carbocycles. The molecule has 0 saturated carbocycles. The summed E-state index contributed by atoms with van der Waals surface area (Å²) in [5.41, 5.74) is 1.06. The van der Waals surface area contributed by atoms with Gasteiger partial charge >= 0.3 is 0 Å². The number of carbonyl (C=O) groups excluding carboxylic acids is 2. The fourth-order valence-corrected chi connectivity index (χ4v) is 1.52. The van der Waals surface area contributed by atoms with E-state index in [2.05, 4.69) is 22.5 Å². The molecule has 0 aliphatic heterocycles. The van der Waals surface area contributed by atoms with E-state index in [4.69, 9.17) is 5.11 Å². The van der Waals surface area contributed by atoms with E-state index in [9.17, 15) is 9.59 Å². The molecule has 1 aromatic rings. The molecule has 1 rings (SSSR count). The van der Waals surface area contributed by atoms with E-state index >= 15 is 0 Å². The van der Waals surface area contributed by atoms with Crippen molar-refractivity contribution in [2.24, 2.45) is 0 Å². The zero-order chi connectivity index (χ0) is 15.0. The second-order valence-corrected chi connectivity index (χ2v) is 4.45. The highest BCUT2D eigenvalue weighted by Gasteiger charge is 2.08. The van der Waals surface area contributed by atoms with Crippen molar-refractivity contribution in [2.75, 3.05) is 13.2 Å². The smallest absolute Gasteiger partial charge is 0.251 e. The molecule has 20 heavy (non-hydrogen) atoms. The van der Waals surface area contributed by atoms with Gasteiger partial charge in [0.15, 0.2) is 0 Å². The van der Waals surface area contributed by atoms with Crippen molar-refractivity contribution in [3.8, 4) is 11.8 Å². The van der Waals surface area contributed by atoms with Gasteiger partial charge in [-0.1, -0.05) is 17.9 Å². The minimum absolute atomic E-state index is 0.0384. The highest BCUT2D eigenvalue weighted by molar-refractivity contribution is 5.96. The Morgan fingerprint density at radius 1 is 1.35 bits per heavy atom. The minimum Gasteiger partial charge on any atom is -0.384 e. The molecule has 0 aliphatic carbocycles. The minimum atomic E-state index is -0.337. The molecule has 0 bridgehead atoms. The summed E-state index contributed by atoms with van der Waals surface area (Å²) in [6.45, 7) is 3.40. The van der Waals surface area contributed by atoms with Gasteiger partial charge in [0.25, 0.3) is 5.91 Å². The fraction of sp³-hybridized carbons (Fsp3) is 0.333. The lowest BCUT2D eigenvalue weighted by Gasteiger charge is -2.09. The summed E-state index contributed by atoms with van der Waals surface area (Å²) < 4.78 is 0. The predicted molar refractivity (Wildman–Crippen MR) is 76.0 cm³/mol. The van der Waals surface area contributed by atoms with Crippen LogP contribution in [0.5, 0.6) is 0 Å². The van der Waals surface area contributed by atoms with Crippen LogP contribution < -0.4 is 10.6 Å². The molecule has 0 aromatic heterocycles. The fourth-order valence-electron chi connectivity index (χ4n) is 1.52. The molecular formula is C15H18N2O3. The summed E-state index contributed by atoms with van der Waals surface area (Å²) in [5, 5.41) is 13.8. The summed E-state index contributed by atoms with van der Waals surface area (Å²) >= 11 is 0. The van der Waals surface area contributed by atoms with Crippen molar-refractivity contribution >= 4 is 11.8 Å². The zero-order valence-electron chi connectivity index (χ0n) is 11.6. The molecule has 0 unspecified atom stereocenters. The third kappa shape index (κ3) is 5.55. The highest BCUT2D eigenvalue weighted by Crippen LogP contribution is 2.03. The van der Waals surface area contributed by atoms with Crippen LogP contribution in [0, 0.1) is 11.8 Å². The Labute approximate surface area is 118 Å². The molecule has 0 saturated heterocycles. The van der Waals surface area contributed by atoms with E-state index in [1.165, 1.54) is 0 Å². The number of hydrogen-bond acceptors (Lipinski definition) is 3. The van der Waals surface area contributed by atoms with Gasteiger partial charge in [0.2, 0.25) is 5.91 Å². The first-order valence-corrected chi connectivity index (χ1v) is 6.30. The molecule has 3 N–H and O–H groups in total. The molecule has 106 valence electrons. The number of carbonyl (C=O) groups is 2. The van der Waals surface area contributed by atoms with Gasteiger partial charge in [-0.2, -0.15) is 0 Å². The monoisotopic (exact) mass is 274 g/mol.